The largest absolute Gasteiger partial charge is 0.469 e. The van der Waals surface area contributed by atoms with Gasteiger partial charge < -0.3 is 9.15 Å². The Kier molecular flexibility index (Phi) is 3.60. The number of hydrogen-bond donors (Lipinski definition) is 0. The zero-order chi connectivity index (χ0) is 12.1. The molecule has 88 valence electrons. The summed E-state index contributed by atoms with van der Waals surface area (Å²) in [7, 11) is 0. The summed E-state index contributed by atoms with van der Waals surface area (Å²) in [5.41, 5.74) is 2.08. The van der Waals surface area contributed by atoms with Crippen LogP contribution in [0.4, 0.5) is 0 Å². The monoisotopic (exact) mass is 230 g/mol. The van der Waals surface area contributed by atoms with Crippen molar-refractivity contribution in [1.82, 2.24) is 0 Å². The summed E-state index contributed by atoms with van der Waals surface area (Å²) in [6.07, 6.45) is 2.38. The summed E-state index contributed by atoms with van der Waals surface area (Å²) in [4.78, 5) is 10.7. The van der Waals surface area contributed by atoms with Crippen molar-refractivity contribution >= 4 is 5.97 Å². The number of carbonyl (C=O) groups excluding carboxylic acids is 1. The van der Waals surface area contributed by atoms with Crippen LogP contribution in [-0.2, 0) is 22.6 Å². The van der Waals surface area contributed by atoms with Gasteiger partial charge in [0.05, 0.1) is 6.26 Å². The van der Waals surface area contributed by atoms with Crippen LogP contribution in [0, 0.1) is 0 Å². The van der Waals surface area contributed by atoms with Gasteiger partial charge in [-0.25, -0.2) is 0 Å². The Morgan fingerprint density at radius 1 is 1.24 bits per heavy atom. The normalized spacial score (nSPS) is 10.2. The van der Waals surface area contributed by atoms with E-state index in [4.69, 9.17) is 9.15 Å². The highest BCUT2D eigenvalue weighted by molar-refractivity contribution is 5.65. The standard InChI is InChI=1S/C14H14O3/c1-11(15)16-9-13-8-14(17-10-13)7-12-5-3-2-4-6-12/h2-6,8,10H,7,9H2,1H3. The van der Waals surface area contributed by atoms with Crippen molar-refractivity contribution in [3.8, 4) is 0 Å². The average Bonchev–Trinajstić information content (AvgIpc) is 2.75. The Morgan fingerprint density at radius 3 is 2.71 bits per heavy atom. The second kappa shape index (κ2) is 5.34. The summed E-state index contributed by atoms with van der Waals surface area (Å²) < 4.78 is 10.3. The molecule has 0 saturated heterocycles. The molecule has 1 aromatic heterocycles. The molecule has 0 N–H and O–H groups in total. The van der Waals surface area contributed by atoms with Gasteiger partial charge in [-0.15, -0.1) is 0 Å². The minimum Gasteiger partial charge on any atom is -0.469 e. The molecule has 0 spiro atoms. The van der Waals surface area contributed by atoms with Crippen molar-refractivity contribution in [3.05, 3.63) is 59.5 Å². The summed E-state index contributed by atoms with van der Waals surface area (Å²) in [5.74, 6) is 0.592. The molecule has 17 heavy (non-hydrogen) atoms. The minimum atomic E-state index is -0.282. The Bertz CT molecular complexity index is 485. The van der Waals surface area contributed by atoms with Crippen molar-refractivity contribution in [2.45, 2.75) is 20.0 Å². The van der Waals surface area contributed by atoms with Crippen molar-refractivity contribution in [2.75, 3.05) is 0 Å². The molecule has 0 aliphatic heterocycles. The van der Waals surface area contributed by atoms with Crippen molar-refractivity contribution in [3.63, 3.8) is 0 Å². The summed E-state index contributed by atoms with van der Waals surface area (Å²) in [6, 6.07) is 12.0. The lowest BCUT2D eigenvalue weighted by atomic mass is 10.1. The maximum absolute atomic E-state index is 10.7. The Balaban J connectivity index is 1.97. The first-order valence-electron chi connectivity index (χ1n) is 5.47. The van der Waals surface area contributed by atoms with Gasteiger partial charge in [-0.05, 0) is 11.6 Å². The van der Waals surface area contributed by atoms with Gasteiger partial charge >= 0.3 is 5.97 Å². The predicted molar refractivity (Wildman–Crippen MR) is 63.4 cm³/mol. The molecule has 0 saturated carbocycles. The van der Waals surface area contributed by atoms with E-state index in [0.29, 0.717) is 0 Å². The zero-order valence-corrected chi connectivity index (χ0v) is 9.68. The van der Waals surface area contributed by atoms with E-state index in [0.717, 1.165) is 17.7 Å². The highest BCUT2D eigenvalue weighted by atomic mass is 16.5. The number of esters is 1. The number of hydrogen-bond acceptors (Lipinski definition) is 3. The fourth-order valence-electron chi connectivity index (χ4n) is 1.58. The van der Waals surface area contributed by atoms with E-state index < -0.39 is 0 Å². The lowest BCUT2D eigenvalue weighted by Crippen LogP contribution is -1.97. The van der Waals surface area contributed by atoms with Gasteiger partial charge in [0.15, 0.2) is 0 Å². The van der Waals surface area contributed by atoms with E-state index in [1.54, 1.807) is 6.26 Å². The number of carbonyl (C=O) groups is 1. The topological polar surface area (TPSA) is 39.4 Å². The lowest BCUT2D eigenvalue weighted by molar-refractivity contribution is -0.142. The van der Waals surface area contributed by atoms with Crippen LogP contribution in [0.2, 0.25) is 0 Å². The molecule has 2 aromatic rings. The molecule has 3 nitrogen and oxygen atoms in total. The zero-order valence-electron chi connectivity index (χ0n) is 9.68. The molecule has 0 aliphatic rings. The van der Waals surface area contributed by atoms with Crippen LogP contribution in [0.3, 0.4) is 0 Å². The predicted octanol–water partition coefficient (Wildman–Crippen LogP) is 2.93. The van der Waals surface area contributed by atoms with Gasteiger partial charge in [0.1, 0.15) is 12.4 Å². The number of benzene rings is 1. The average molecular weight is 230 g/mol. The van der Waals surface area contributed by atoms with Crippen molar-refractivity contribution < 1.29 is 13.9 Å². The van der Waals surface area contributed by atoms with Gasteiger partial charge in [-0.2, -0.15) is 0 Å². The van der Waals surface area contributed by atoms with E-state index in [2.05, 4.69) is 0 Å². The third kappa shape index (κ3) is 3.48. The second-order valence-corrected chi connectivity index (χ2v) is 3.86. The summed E-state index contributed by atoms with van der Waals surface area (Å²) in [5, 5.41) is 0. The van der Waals surface area contributed by atoms with Gasteiger partial charge in [0.2, 0.25) is 0 Å². The van der Waals surface area contributed by atoms with Crippen LogP contribution in [0.15, 0.2) is 47.1 Å². The Labute approximate surface area is 100 Å². The molecular formula is C14H14O3. The maximum Gasteiger partial charge on any atom is 0.302 e. The van der Waals surface area contributed by atoms with Crippen LogP contribution < -0.4 is 0 Å². The van der Waals surface area contributed by atoms with Gasteiger partial charge in [-0.1, -0.05) is 30.3 Å². The van der Waals surface area contributed by atoms with Gasteiger partial charge in [-0.3, -0.25) is 4.79 Å². The molecular weight excluding hydrogens is 216 g/mol. The molecule has 0 atom stereocenters. The fraction of sp³-hybridized carbons (Fsp3) is 0.214. The van der Waals surface area contributed by atoms with Crippen LogP contribution in [0.25, 0.3) is 0 Å². The minimum absolute atomic E-state index is 0.271. The molecule has 1 aromatic carbocycles. The Hall–Kier alpha value is -2.03. The molecule has 1 heterocycles. The molecule has 0 unspecified atom stereocenters. The second-order valence-electron chi connectivity index (χ2n) is 3.86. The smallest absolute Gasteiger partial charge is 0.302 e. The summed E-state index contributed by atoms with van der Waals surface area (Å²) >= 11 is 0. The van der Waals surface area contributed by atoms with Crippen LogP contribution in [0.1, 0.15) is 23.8 Å². The van der Waals surface area contributed by atoms with E-state index in [-0.39, 0.29) is 12.6 Å². The number of rotatable bonds is 4. The third-order valence-electron chi connectivity index (χ3n) is 2.37. The molecule has 3 heteroatoms. The Morgan fingerprint density at radius 2 is 2.00 bits per heavy atom. The first-order valence-corrected chi connectivity index (χ1v) is 5.47. The van der Waals surface area contributed by atoms with Crippen LogP contribution >= 0.6 is 0 Å². The lowest BCUT2D eigenvalue weighted by Gasteiger charge is -1.97. The molecule has 0 radical (unpaired) electrons. The fourth-order valence-corrected chi connectivity index (χ4v) is 1.58. The molecule has 0 amide bonds. The quantitative estimate of drug-likeness (QED) is 0.758. The van der Waals surface area contributed by atoms with Gasteiger partial charge in [0.25, 0.3) is 0 Å². The molecule has 0 fully saturated rings. The number of ether oxygens (including phenoxy) is 1. The first kappa shape index (κ1) is 11.5. The SMILES string of the molecule is CC(=O)OCc1coc(Cc2ccccc2)c1. The van der Waals surface area contributed by atoms with Crippen molar-refractivity contribution in [2.24, 2.45) is 0 Å². The maximum atomic E-state index is 10.7. The van der Waals surface area contributed by atoms with E-state index in [9.17, 15) is 4.79 Å². The summed E-state index contributed by atoms with van der Waals surface area (Å²) in [6.45, 7) is 1.67. The van der Waals surface area contributed by atoms with E-state index in [1.165, 1.54) is 12.5 Å². The third-order valence-corrected chi connectivity index (χ3v) is 2.37. The highest BCUT2D eigenvalue weighted by Gasteiger charge is 2.04. The van der Waals surface area contributed by atoms with Crippen LogP contribution in [0.5, 0.6) is 0 Å². The first-order chi connectivity index (χ1) is 8.24. The molecule has 0 aliphatic carbocycles. The van der Waals surface area contributed by atoms with Gasteiger partial charge in [0, 0.05) is 18.9 Å². The van der Waals surface area contributed by atoms with Crippen LogP contribution in [-0.4, -0.2) is 5.97 Å². The highest BCUT2D eigenvalue weighted by Crippen LogP contribution is 2.13. The molecule has 0 bridgehead atoms. The number of furan rings is 1. The van der Waals surface area contributed by atoms with Crippen molar-refractivity contribution in [1.29, 1.82) is 0 Å². The van der Waals surface area contributed by atoms with E-state index >= 15 is 0 Å². The molecule has 2 rings (SSSR count). The van der Waals surface area contributed by atoms with E-state index in [1.807, 2.05) is 36.4 Å².